The standard InChI is InChI=1S/C19H23N3O2S/c1-13(2)22-16(23)10-21(12-19(22,3)4)18(24)17-20-15(11-25-17)14-8-6-5-7-9-14/h5-9,11,13H,10,12H2,1-4H3. The van der Waals surface area contributed by atoms with Crippen LogP contribution in [0.25, 0.3) is 11.3 Å². The Morgan fingerprint density at radius 2 is 1.92 bits per heavy atom. The van der Waals surface area contributed by atoms with E-state index in [0.29, 0.717) is 11.6 Å². The summed E-state index contributed by atoms with van der Waals surface area (Å²) in [5.74, 6) is -0.184. The van der Waals surface area contributed by atoms with E-state index in [1.54, 1.807) is 4.90 Å². The number of benzene rings is 1. The van der Waals surface area contributed by atoms with Crippen molar-refractivity contribution in [1.29, 1.82) is 0 Å². The fraction of sp³-hybridized carbons (Fsp3) is 0.421. The first-order chi connectivity index (χ1) is 11.8. The van der Waals surface area contributed by atoms with Crippen molar-refractivity contribution < 1.29 is 9.59 Å². The van der Waals surface area contributed by atoms with Gasteiger partial charge in [-0.2, -0.15) is 0 Å². The number of carbonyl (C=O) groups excluding carboxylic acids is 2. The zero-order chi connectivity index (χ0) is 18.2. The summed E-state index contributed by atoms with van der Waals surface area (Å²) in [6.45, 7) is 8.63. The lowest BCUT2D eigenvalue weighted by molar-refractivity contribution is -0.146. The molecule has 1 aliphatic heterocycles. The minimum absolute atomic E-state index is 0.0144. The largest absolute Gasteiger partial charge is 0.332 e. The van der Waals surface area contributed by atoms with Crippen molar-refractivity contribution in [2.24, 2.45) is 0 Å². The number of rotatable bonds is 3. The Bertz CT molecular complexity index is 783. The van der Waals surface area contributed by atoms with Gasteiger partial charge in [-0.25, -0.2) is 4.98 Å². The fourth-order valence-electron chi connectivity index (χ4n) is 3.56. The molecule has 0 atom stereocenters. The molecule has 1 fully saturated rings. The Balaban J connectivity index is 1.80. The summed E-state index contributed by atoms with van der Waals surface area (Å²) in [5.41, 5.74) is 1.39. The molecule has 1 aliphatic rings. The lowest BCUT2D eigenvalue weighted by Crippen LogP contribution is -2.64. The Morgan fingerprint density at radius 1 is 1.24 bits per heavy atom. The van der Waals surface area contributed by atoms with Crippen LogP contribution in [0.1, 0.15) is 37.5 Å². The van der Waals surface area contributed by atoms with Gasteiger partial charge in [0.05, 0.1) is 11.2 Å². The molecule has 2 amide bonds. The van der Waals surface area contributed by atoms with E-state index >= 15 is 0 Å². The van der Waals surface area contributed by atoms with Crippen LogP contribution in [0.5, 0.6) is 0 Å². The highest BCUT2D eigenvalue weighted by molar-refractivity contribution is 7.12. The molecule has 0 aliphatic carbocycles. The van der Waals surface area contributed by atoms with Gasteiger partial charge in [-0.05, 0) is 27.7 Å². The highest BCUT2D eigenvalue weighted by Crippen LogP contribution is 2.27. The number of hydrogen-bond donors (Lipinski definition) is 0. The maximum absolute atomic E-state index is 12.9. The molecule has 2 aromatic rings. The molecule has 1 saturated heterocycles. The van der Waals surface area contributed by atoms with Gasteiger partial charge in [0.25, 0.3) is 5.91 Å². The molecule has 6 heteroatoms. The predicted octanol–water partition coefficient (Wildman–Crippen LogP) is 3.28. The van der Waals surface area contributed by atoms with Crippen molar-refractivity contribution in [3.8, 4) is 11.3 Å². The molecule has 2 heterocycles. The smallest absolute Gasteiger partial charge is 0.283 e. The molecule has 0 N–H and O–H groups in total. The minimum atomic E-state index is -0.390. The Morgan fingerprint density at radius 3 is 2.52 bits per heavy atom. The van der Waals surface area contributed by atoms with Gasteiger partial charge in [0, 0.05) is 23.5 Å². The monoisotopic (exact) mass is 357 g/mol. The number of aromatic nitrogens is 1. The summed E-state index contributed by atoms with van der Waals surface area (Å²) in [7, 11) is 0. The molecule has 0 radical (unpaired) electrons. The van der Waals surface area contributed by atoms with E-state index in [9.17, 15) is 9.59 Å². The highest BCUT2D eigenvalue weighted by atomic mass is 32.1. The van der Waals surface area contributed by atoms with Crippen LogP contribution in [0.2, 0.25) is 0 Å². The Labute approximate surface area is 152 Å². The van der Waals surface area contributed by atoms with E-state index in [1.165, 1.54) is 11.3 Å². The van der Waals surface area contributed by atoms with Gasteiger partial charge in [-0.15, -0.1) is 11.3 Å². The van der Waals surface area contributed by atoms with E-state index in [2.05, 4.69) is 4.98 Å². The molecular formula is C19H23N3O2S. The number of nitrogens with zero attached hydrogens (tertiary/aromatic N) is 3. The molecular weight excluding hydrogens is 334 g/mol. The van der Waals surface area contributed by atoms with E-state index in [0.717, 1.165) is 11.3 Å². The SMILES string of the molecule is CC(C)N1C(=O)CN(C(=O)c2nc(-c3ccccc3)cs2)CC1(C)C. The maximum atomic E-state index is 12.9. The van der Waals surface area contributed by atoms with Crippen LogP contribution >= 0.6 is 11.3 Å². The summed E-state index contributed by atoms with van der Waals surface area (Å²) in [4.78, 5) is 33.4. The summed E-state index contributed by atoms with van der Waals surface area (Å²) < 4.78 is 0. The lowest BCUT2D eigenvalue weighted by atomic mass is 9.96. The fourth-order valence-corrected chi connectivity index (χ4v) is 4.35. The second-order valence-electron chi connectivity index (χ2n) is 7.24. The molecule has 0 spiro atoms. The van der Waals surface area contributed by atoms with Crippen LogP contribution in [-0.2, 0) is 4.79 Å². The van der Waals surface area contributed by atoms with E-state index in [1.807, 2.05) is 68.3 Å². The van der Waals surface area contributed by atoms with E-state index < -0.39 is 5.54 Å². The van der Waals surface area contributed by atoms with Gasteiger partial charge in [0.15, 0.2) is 5.01 Å². The van der Waals surface area contributed by atoms with Crippen molar-refractivity contribution in [2.75, 3.05) is 13.1 Å². The van der Waals surface area contributed by atoms with Crippen molar-refractivity contribution in [2.45, 2.75) is 39.3 Å². The number of amides is 2. The lowest BCUT2D eigenvalue weighted by Gasteiger charge is -2.48. The summed E-state index contributed by atoms with van der Waals surface area (Å²) in [6, 6.07) is 9.90. The third kappa shape index (κ3) is 3.44. The third-order valence-corrected chi connectivity index (χ3v) is 5.22. The second-order valence-corrected chi connectivity index (χ2v) is 8.09. The first-order valence-electron chi connectivity index (χ1n) is 8.42. The number of hydrogen-bond acceptors (Lipinski definition) is 4. The third-order valence-electron chi connectivity index (χ3n) is 4.39. The summed E-state index contributed by atoms with van der Waals surface area (Å²) >= 11 is 1.33. The minimum Gasteiger partial charge on any atom is -0.332 e. The van der Waals surface area contributed by atoms with Gasteiger partial charge in [-0.3, -0.25) is 9.59 Å². The van der Waals surface area contributed by atoms with Gasteiger partial charge >= 0.3 is 0 Å². The van der Waals surface area contributed by atoms with E-state index in [4.69, 9.17) is 0 Å². The quantitative estimate of drug-likeness (QED) is 0.847. The van der Waals surface area contributed by atoms with Crippen molar-refractivity contribution in [1.82, 2.24) is 14.8 Å². The number of thiazole rings is 1. The van der Waals surface area contributed by atoms with Gasteiger partial charge in [0.1, 0.15) is 6.54 Å². The van der Waals surface area contributed by atoms with Crippen LogP contribution in [0, 0.1) is 0 Å². The van der Waals surface area contributed by atoms with Crippen LogP contribution in [0.3, 0.4) is 0 Å². The molecule has 3 rings (SSSR count). The van der Waals surface area contributed by atoms with Gasteiger partial charge in [-0.1, -0.05) is 30.3 Å². The predicted molar refractivity (Wildman–Crippen MR) is 99.5 cm³/mol. The van der Waals surface area contributed by atoms with Crippen molar-refractivity contribution in [3.05, 3.63) is 40.7 Å². The van der Waals surface area contributed by atoms with Crippen LogP contribution in [0.15, 0.2) is 35.7 Å². The van der Waals surface area contributed by atoms with Crippen LogP contribution in [-0.4, -0.2) is 51.3 Å². The second kappa shape index (κ2) is 6.59. The van der Waals surface area contributed by atoms with Gasteiger partial charge < -0.3 is 9.80 Å². The molecule has 0 saturated carbocycles. The first kappa shape index (κ1) is 17.6. The summed E-state index contributed by atoms with van der Waals surface area (Å²) in [6.07, 6.45) is 0. The molecule has 132 valence electrons. The first-order valence-corrected chi connectivity index (χ1v) is 9.30. The molecule has 0 unspecified atom stereocenters. The van der Waals surface area contributed by atoms with Crippen LogP contribution < -0.4 is 0 Å². The Kier molecular flexibility index (Phi) is 4.64. The average molecular weight is 357 g/mol. The topological polar surface area (TPSA) is 53.5 Å². The Hall–Kier alpha value is -2.21. The van der Waals surface area contributed by atoms with Crippen molar-refractivity contribution >= 4 is 23.2 Å². The summed E-state index contributed by atoms with van der Waals surface area (Å²) in [5, 5.41) is 2.32. The normalized spacial score (nSPS) is 17.2. The molecule has 25 heavy (non-hydrogen) atoms. The molecule has 5 nitrogen and oxygen atoms in total. The van der Waals surface area contributed by atoms with Crippen LogP contribution in [0.4, 0.5) is 0 Å². The highest BCUT2D eigenvalue weighted by Gasteiger charge is 2.41. The van der Waals surface area contributed by atoms with E-state index in [-0.39, 0.29) is 24.4 Å². The number of piperazine rings is 1. The average Bonchev–Trinajstić information content (AvgIpc) is 3.03. The molecule has 1 aromatic carbocycles. The van der Waals surface area contributed by atoms with Crippen molar-refractivity contribution in [3.63, 3.8) is 0 Å². The molecule has 1 aromatic heterocycles. The maximum Gasteiger partial charge on any atom is 0.283 e. The molecule has 0 bridgehead atoms. The zero-order valence-corrected chi connectivity index (χ0v) is 15.8. The van der Waals surface area contributed by atoms with Gasteiger partial charge in [0.2, 0.25) is 5.91 Å². The number of carbonyl (C=O) groups is 2. The zero-order valence-electron chi connectivity index (χ0n) is 15.0.